The lowest BCUT2D eigenvalue weighted by molar-refractivity contribution is 0.0782. The molecule has 3 aromatic carbocycles. The zero-order valence-corrected chi connectivity index (χ0v) is 12.7. The zero-order valence-electron chi connectivity index (χ0n) is 12.7. The first-order chi connectivity index (χ1) is 11.1. The molecule has 23 heavy (non-hydrogen) atoms. The van der Waals surface area contributed by atoms with Gasteiger partial charge in [-0.1, -0.05) is 42.5 Å². The van der Waals surface area contributed by atoms with E-state index in [1.165, 1.54) is 17.0 Å². The van der Waals surface area contributed by atoms with Crippen molar-refractivity contribution in [3.05, 3.63) is 77.6 Å². The molecule has 3 aromatic rings. The van der Waals surface area contributed by atoms with Gasteiger partial charge < -0.3 is 10.0 Å². The number of rotatable bonds is 3. The van der Waals surface area contributed by atoms with Gasteiger partial charge in [0.25, 0.3) is 5.91 Å². The second-order valence-corrected chi connectivity index (χ2v) is 5.47. The van der Waals surface area contributed by atoms with Crippen LogP contribution in [-0.4, -0.2) is 23.0 Å². The molecule has 0 aromatic heterocycles. The number of fused-ring (bicyclic) bond motifs is 1. The fourth-order valence-corrected chi connectivity index (χ4v) is 2.61. The number of nitrogens with zero attached hydrogens (tertiary/aromatic N) is 1. The summed E-state index contributed by atoms with van der Waals surface area (Å²) in [6, 6.07) is 16.9. The Morgan fingerprint density at radius 3 is 2.65 bits per heavy atom. The van der Waals surface area contributed by atoms with E-state index in [0.29, 0.717) is 10.9 Å². The predicted octanol–water partition coefficient (Wildman–Crippen LogP) is 3.96. The number of carbonyl (C=O) groups is 1. The molecule has 0 spiro atoms. The minimum absolute atomic E-state index is 0.0285. The van der Waals surface area contributed by atoms with Crippen LogP contribution in [-0.2, 0) is 6.54 Å². The third-order valence-electron chi connectivity index (χ3n) is 3.79. The molecule has 0 unspecified atom stereocenters. The number of amides is 1. The minimum Gasteiger partial charge on any atom is -0.506 e. The quantitative estimate of drug-likeness (QED) is 0.795. The van der Waals surface area contributed by atoms with Crippen molar-refractivity contribution in [2.45, 2.75) is 6.54 Å². The number of halogens is 1. The van der Waals surface area contributed by atoms with Gasteiger partial charge in [-0.05, 0) is 29.1 Å². The second-order valence-electron chi connectivity index (χ2n) is 5.47. The maximum atomic E-state index is 13.2. The Morgan fingerprint density at radius 1 is 1.09 bits per heavy atom. The number of hydrogen-bond acceptors (Lipinski definition) is 2. The van der Waals surface area contributed by atoms with Crippen LogP contribution in [0.3, 0.4) is 0 Å². The average molecular weight is 309 g/mol. The van der Waals surface area contributed by atoms with E-state index in [9.17, 15) is 14.3 Å². The molecule has 0 aliphatic heterocycles. The Hall–Kier alpha value is -2.88. The Morgan fingerprint density at radius 2 is 1.87 bits per heavy atom. The molecule has 0 saturated heterocycles. The van der Waals surface area contributed by atoms with E-state index in [2.05, 4.69) is 0 Å². The highest BCUT2D eigenvalue weighted by atomic mass is 19.1. The Bertz CT molecular complexity index is 876. The van der Waals surface area contributed by atoms with Crippen molar-refractivity contribution in [2.24, 2.45) is 0 Å². The van der Waals surface area contributed by atoms with Crippen LogP contribution in [0.5, 0.6) is 5.75 Å². The van der Waals surface area contributed by atoms with Gasteiger partial charge >= 0.3 is 0 Å². The van der Waals surface area contributed by atoms with E-state index in [1.54, 1.807) is 37.4 Å². The normalized spacial score (nSPS) is 10.7. The number of phenols is 1. The van der Waals surface area contributed by atoms with Gasteiger partial charge in [0.15, 0.2) is 0 Å². The van der Waals surface area contributed by atoms with E-state index in [1.807, 2.05) is 18.2 Å². The second kappa shape index (κ2) is 6.08. The van der Waals surface area contributed by atoms with Crippen LogP contribution in [0, 0.1) is 5.82 Å². The standard InChI is InChI=1S/C19H16FNO2/c1-21(12-13-5-4-7-15(20)11-13)19(23)17-10-9-14-6-2-3-8-16(14)18(17)22/h2-11,22H,12H2,1H3. The third kappa shape index (κ3) is 3.01. The van der Waals surface area contributed by atoms with Crippen LogP contribution in [0.4, 0.5) is 4.39 Å². The fraction of sp³-hybridized carbons (Fsp3) is 0.105. The smallest absolute Gasteiger partial charge is 0.257 e. The van der Waals surface area contributed by atoms with Crippen LogP contribution >= 0.6 is 0 Å². The Balaban J connectivity index is 1.89. The van der Waals surface area contributed by atoms with Crippen LogP contribution in [0.1, 0.15) is 15.9 Å². The van der Waals surface area contributed by atoms with Crippen LogP contribution in [0.15, 0.2) is 60.7 Å². The molecule has 0 aliphatic carbocycles. The number of benzene rings is 3. The molecule has 0 radical (unpaired) electrons. The summed E-state index contributed by atoms with van der Waals surface area (Å²) < 4.78 is 13.2. The molecule has 0 bridgehead atoms. The molecule has 0 fully saturated rings. The lowest BCUT2D eigenvalue weighted by Crippen LogP contribution is -2.26. The van der Waals surface area contributed by atoms with Gasteiger partial charge in [0.2, 0.25) is 0 Å². The van der Waals surface area contributed by atoms with Gasteiger partial charge in [-0.25, -0.2) is 4.39 Å². The summed E-state index contributed by atoms with van der Waals surface area (Å²) in [5, 5.41) is 11.9. The highest BCUT2D eigenvalue weighted by molar-refractivity contribution is 6.03. The summed E-state index contributed by atoms with van der Waals surface area (Å²) in [4.78, 5) is 14.0. The van der Waals surface area contributed by atoms with Gasteiger partial charge in [-0.15, -0.1) is 0 Å². The summed E-state index contributed by atoms with van der Waals surface area (Å²) in [7, 11) is 1.63. The number of aromatic hydroxyl groups is 1. The van der Waals surface area contributed by atoms with Gasteiger partial charge in [0.05, 0.1) is 5.56 Å². The third-order valence-corrected chi connectivity index (χ3v) is 3.79. The Kier molecular flexibility index (Phi) is 3.98. The molecule has 0 atom stereocenters. The highest BCUT2D eigenvalue weighted by Crippen LogP contribution is 2.29. The van der Waals surface area contributed by atoms with Crippen LogP contribution < -0.4 is 0 Å². The molecule has 1 N–H and O–H groups in total. The van der Waals surface area contributed by atoms with Gasteiger partial charge in [0, 0.05) is 19.0 Å². The lowest BCUT2D eigenvalue weighted by atomic mass is 10.0. The summed E-state index contributed by atoms with van der Waals surface area (Å²) >= 11 is 0. The first kappa shape index (κ1) is 15.0. The van der Waals surface area contributed by atoms with E-state index < -0.39 is 0 Å². The van der Waals surface area contributed by atoms with Crippen molar-refractivity contribution in [3.8, 4) is 5.75 Å². The van der Waals surface area contributed by atoms with Crippen LogP contribution in [0.2, 0.25) is 0 Å². The van der Waals surface area contributed by atoms with E-state index in [4.69, 9.17) is 0 Å². The van der Waals surface area contributed by atoms with Gasteiger partial charge in [-0.2, -0.15) is 0 Å². The molecular formula is C19H16FNO2. The minimum atomic E-state index is -0.336. The Labute approximate surface area is 133 Å². The van der Waals surface area contributed by atoms with Gasteiger partial charge in [0.1, 0.15) is 11.6 Å². The largest absolute Gasteiger partial charge is 0.506 e. The fourth-order valence-electron chi connectivity index (χ4n) is 2.61. The molecule has 1 amide bonds. The molecule has 0 heterocycles. The highest BCUT2D eigenvalue weighted by Gasteiger charge is 2.17. The SMILES string of the molecule is CN(Cc1cccc(F)c1)C(=O)c1ccc2ccccc2c1O. The first-order valence-electron chi connectivity index (χ1n) is 7.27. The maximum absolute atomic E-state index is 13.2. The molecular weight excluding hydrogens is 293 g/mol. The monoisotopic (exact) mass is 309 g/mol. The molecule has 4 heteroatoms. The van der Waals surface area contributed by atoms with E-state index in [-0.39, 0.29) is 29.6 Å². The van der Waals surface area contributed by atoms with Crippen molar-refractivity contribution < 1.29 is 14.3 Å². The number of phenolic OH excluding ortho intramolecular Hbond substituents is 1. The molecule has 0 aliphatic rings. The van der Waals surface area contributed by atoms with Gasteiger partial charge in [-0.3, -0.25) is 4.79 Å². The predicted molar refractivity (Wildman–Crippen MR) is 87.8 cm³/mol. The molecule has 0 saturated carbocycles. The van der Waals surface area contributed by atoms with Crippen molar-refractivity contribution in [3.63, 3.8) is 0 Å². The number of carbonyl (C=O) groups excluding carboxylic acids is 1. The summed E-state index contributed by atoms with van der Waals surface area (Å²) in [6.07, 6.45) is 0. The molecule has 3 rings (SSSR count). The lowest BCUT2D eigenvalue weighted by Gasteiger charge is -2.18. The maximum Gasteiger partial charge on any atom is 0.257 e. The zero-order chi connectivity index (χ0) is 16.4. The topological polar surface area (TPSA) is 40.5 Å². The number of hydrogen-bond donors (Lipinski definition) is 1. The van der Waals surface area contributed by atoms with Crippen molar-refractivity contribution in [2.75, 3.05) is 7.05 Å². The molecule has 3 nitrogen and oxygen atoms in total. The van der Waals surface area contributed by atoms with Crippen LogP contribution in [0.25, 0.3) is 10.8 Å². The van der Waals surface area contributed by atoms with E-state index >= 15 is 0 Å². The summed E-state index contributed by atoms with van der Waals surface area (Å²) in [5.74, 6) is -0.673. The first-order valence-corrected chi connectivity index (χ1v) is 7.27. The van der Waals surface area contributed by atoms with E-state index in [0.717, 1.165) is 5.39 Å². The van der Waals surface area contributed by atoms with Crippen molar-refractivity contribution in [1.29, 1.82) is 0 Å². The van der Waals surface area contributed by atoms with Crippen molar-refractivity contribution >= 4 is 16.7 Å². The summed E-state index contributed by atoms with van der Waals surface area (Å²) in [5.41, 5.74) is 0.934. The molecule has 116 valence electrons. The summed E-state index contributed by atoms with van der Waals surface area (Å²) in [6.45, 7) is 0.267. The average Bonchev–Trinajstić information content (AvgIpc) is 2.55. The van der Waals surface area contributed by atoms with Crippen molar-refractivity contribution in [1.82, 2.24) is 4.90 Å².